The Morgan fingerprint density at radius 1 is 1.13 bits per heavy atom. The van der Waals surface area contributed by atoms with Crippen LogP contribution in [0.4, 0.5) is 0 Å². The average molecular weight is 213 g/mol. The van der Waals surface area contributed by atoms with E-state index in [-0.39, 0.29) is 0 Å². The van der Waals surface area contributed by atoms with Crippen molar-refractivity contribution >= 4 is 0 Å². The van der Waals surface area contributed by atoms with Gasteiger partial charge in [-0.25, -0.2) is 0 Å². The fraction of sp³-hybridized carbons (Fsp3) is 1.00. The smallest absolute Gasteiger partial charge is 0.0251 e. The molecule has 0 spiro atoms. The largest absolute Gasteiger partial charge is 0.329 e. The van der Waals surface area contributed by atoms with E-state index in [1.165, 1.54) is 25.7 Å². The van der Waals surface area contributed by atoms with E-state index in [0.29, 0.717) is 0 Å². The summed E-state index contributed by atoms with van der Waals surface area (Å²) in [6.45, 7) is 5.21. The molecular formula is C12H27N3. The summed E-state index contributed by atoms with van der Waals surface area (Å²) < 4.78 is 0. The van der Waals surface area contributed by atoms with Crippen LogP contribution >= 0.6 is 0 Å². The summed E-state index contributed by atoms with van der Waals surface area (Å²) in [5.41, 5.74) is 5.68. The molecule has 0 heterocycles. The molecule has 1 fully saturated rings. The Kier molecular flexibility index (Phi) is 5.58. The molecule has 3 heteroatoms. The molecule has 2 N–H and O–H groups in total. The lowest BCUT2D eigenvalue weighted by atomic mass is 9.88. The molecule has 0 aromatic heterocycles. The van der Waals surface area contributed by atoms with Gasteiger partial charge in [0.15, 0.2) is 0 Å². The van der Waals surface area contributed by atoms with Crippen LogP contribution in [-0.4, -0.2) is 55.6 Å². The third-order valence-electron chi connectivity index (χ3n) is 3.65. The molecule has 0 saturated heterocycles. The van der Waals surface area contributed by atoms with Gasteiger partial charge in [-0.2, -0.15) is 0 Å². The van der Waals surface area contributed by atoms with Crippen molar-refractivity contribution in [3.8, 4) is 0 Å². The Bertz CT molecular complexity index is 170. The van der Waals surface area contributed by atoms with Gasteiger partial charge in [-0.3, -0.25) is 4.90 Å². The monoisotopic (exact) mass is 213 g/mol. The van der Waals surface area contributed by atoms with E-state index in [2.05, 4.69) is 30.8 Å². The molecule has 15 heavy (non-hydrogen) atoms. The zero-order chi connectivity index (χ0) is 11.3. The lowest BCUT2D eigenvalue weighted by Crippen LogP contribution is -2.52. The minimum absolute atomic E-state index is 0.724. The summed E-state index contributed by atoms with van der Waals surface area (Å²) in [6, 6.07) is 1.45. The van der Waals surface area contributed by atoms with Crippen molar-refractivity contribution in [2.75, 3.05) is 33.7 Å². The van der Waals surface area contributed by atoms with Crippen LogP contribution in [0, 0.1) is 0 Å². The predicted molar refractivity (Wildman–Crippen MR) is 66.0 cm³/mol. The summed E-state index contributed by atoms with van der Waals surface area (Å²) in [7, 11) is 4.42. The second kappa shape index (κ2) is 6.46. The van der Waals surface area contributed by atoms with E-state index in [1.807, 2.05) is 0 Å². The molecule has 0 bridgehead atoms. The van der Waals surface area contributed by atoms with Gasteiger partial charge in [0.25, 0.3) is 0 Å². The van der Waals surface area contributed by atoms with Gasteiger partial charge < -0.3 is 10.6 Å². The SMILES string of the molecule is CCN(CCN)[C@H]1CCCC[C@H]1N(C)C. The van der Waals surface area contributed by atoms with Crippen molar-refractivity contribution < 1.29 is 0 Å². The summed E-state index contributed by atoms with van der Waals surface area (Å²) in [6.07, 6.45) is 5.46. The fourth-order valence-corrected chi connectivity index (χ4v) is 2.84. The standard InChI is InChI=1S/C12H27N3/c1-4-15(10-9-13)12-8-6-5-7-11(12)14(2)3/h11-12H,4-10,13H2,1-3H3/t11-,12+/m1/s1. The van der Waals surface area contributed by atoms with E-state index in [4.69, 9.17) is 5.73 Å². The molecule has 1 saturated carbocycles. The van der Waals surface area contributed by atoms with Gasteiger partial charge in [0.2, 0.25) is 0 Å². The molecular weight excluding hydrogens is 186 g/mol. The lowest BCUT2D eigenvalue weighted by molar-refractivity contribution is 0.0796. The Hall–Kier alpha value is -0.120. The maximum atomic E-state index is 5.68. The van der Waals surface area contributed by atoms with E-state index in [0.717, 1.165) is 31.7 Å². The van der Waals surface area contributed by atoms with Gasteiger partial charge >= 0.3 is 0 Å². The normalized spacial score (nSPS) is 27.6. The van der Waals surface area contributed by atoms with Crippen molar-refractivity contribution in [3.05, 3.63) is 0 Å². The first-order valence-electron chi connectivity index (χ1n) is 6.31. The van der Waals surface area contributed by atoms with E-state index in [1.54, 1.807) is 0 Å². The van der Waals surface area contributed by atoms with Crippen LogP contribution in [0.5, 0.6) is 0 Å². The molecule has 3 nitrogen and oxygen atoms in total. The van der Waals surface area contributed by atoms with E-state index >= 15 is 0 Å². The molecule has 2 atom stereocenters. The topological polar surface area (TPSA) is 32.5 Å². The zero-order valence-corrected chi connectivity index (χ0v) is 10.6. The van der Waals surface area contributed by atoms with Crippen LogP contribution in [0.1, 0.15) is 32.6 Å². The third kappa shape index (κ3) is 3.44. The van der Waals surface area contributed by atoms with Gasteiger partial charge in [0.1, 0.15) is 0 Å². The van der Waals surface area contributed by atoms with Crippen LogP contribution in [0.15, 0.2) is 0 Å². The molecule has 0 aliphatic heterocycles. The highest BCUT2D eigenvalue weighted by atomic mass is 15.2. The van der Waals surface area contributed by atoms with E-state index < -0.39 is 0 Å². The Morgan fingerprint density at radius 2 is 1.73 bits per heavy atom. The molecule has 0 radical (unpaired) electrons. The first-order chi connectivity index (χ1) is 7.20. The van der Waals surface area contributed by atoms with Crippen LogP contribution in [0.3, 0.4) is 0 Å². The molecule has 1 aliphatic rings. The number of rotatable bonds is 5. The molecule has 1 aliphatic carbocycles. The highest BCUT2D eigenvalue weighted by Crippen LogP contribution is 2.25. The van der Waals surface area contributed by atoms with Crippen molar-refractivity contribution in [3.63, 3.8) is 0 Å². The number of nitrogens with two attached hydrogens (primary N) is 1. The maximum absolute atomic E-state index is 5.68. The first kappa shape index (κ1) is 12.9. The lowest BCUT2D eigenvalue weighted by Gasteiger charge is -2.42. The van der Waals surface area contributed by atoms with Gasteiger partial charge in [-0.15, -0.1) is 0 Å². The Morgan fingerprint density at radius 3 is 2.20 bits per heavy atom. The summed E-state index contributed by atoms with van der Waals surface area (Å²) in [4.78, 5) is 4.95. The number of hydrogen-bond donors (Lipinski definition) is 1. The zero-order valence-electron chi connectivity index (χ0n) is 10.6. The molecule has 1 rings (SSSR count). The predicted octanol–water partition coefficient (Wildman–Crippen LogP) is 1.14. The number of likely N-dealkylation sites (N-methyl/N-ethyl adjacent to an activating group) is 2. The molecule has 0 aromatic rings. The van der Waals surface area contributed by atoms with Crippen molar-refractivity contribution in [2.45, 2.75) is 44.7 Å². The van der Waals surface area contributed by atoms with Crippen LogP contribution < -0.4 is 5.73 Å². The maximum Gasteiger partial charge on any atom is 0.0251 e. The Labute approximate surface area is 94.6 Å². The number of nitrogens with zero attached hydrogens (tertiary/aromatic N) is 2. The van der Waals surface area contributed by atoms with Gasteiger partial charge in [0, 0.05) is 25.2 Å². The third-order valence-corrected chi connectivity index (χ3v) is 3.65. The average Bonchev–Trinajstić information content (AvgIpc) is 2.26. The first-order valence-corrected chi connectivity index (χ1v) is 6.31. The van der Waals surface area contributed by atoms with Crippen LogP contribution in [0.25, 0.3) is 0 Å². The molecule has 90 valence electrons. The van der Waals surface area contributed by atoms with Crippen molar-refractivity contribution in [1.29, 1.82) is 0 Å². The van der Waals surface area contributed by atoms with E-state index in [9.17, 15) is 0 Å². The van der Waals surface area contributed by atoms with Gasteiger partial charge in [-0.1, -0.05) is 19.8 Å². The summed E-state index contributed by atoms with van der Waals surface area (Å²) >= 11 is 0. The molecule has 0 amide bonds. The highest BCUT2D eigenvalue weighted by Gasteiger charge is 2.30. The minimum atomic E-state index is 0.724. The quantitative estimate of drug-likeness (QED) is 0.743. The number of hydrogen-bond acceptors (Lipinski definition) is 3. The summed E-state index contributed by atoms with van der Waals surface area (Å²) in [5, 5.41) is 0. The second-order valence-corrected chi connectivity index (χ2v) is 4.80. The van der Waals surface area contributed by atoms with Crippen molar-refractivity contribution in [2.24, 2.45) is 5.73 Å². The van der Waals surface area contributed by atoms with Gasteiger partial charge in [-0.05, 0) is 33.5 Å². The van der Waals surface area contributed by atoms with Crippen LogP contribution in [0.2, 0.25) is 0 Å². The van der Waals surface area contributed by atoms with Gasteiger partial charge in [0.05, 0.1) is 0 Å². The van der Waals surface area contributed by atoms with Crippen molar-refractivity contribution in [1.82, 2.24) is 9.80 Å². The second-order valence-electron chi connectivity index (χ2n) is 4.80. The molecule has 0 unspecified atom stereocenters. The summed E-state index contributed by atoms with van der Waals surface area (Å²) in [5.74, 6) is 0. The Balaban J connectivity index is 2.60. The molecule has 0 aromatic carbocycles. The highest BCUT2D eigenvalue weighted by molar-refractivity contribution is 4.87. The minimum Gasteiger partial charge on any atom is -0.329 e. The fourth-order valence-electron chi connectivity index (χ4n) is 2.84. The van der Waals surface area contributed by atoms with Crippen LogP contribution in [-0.2, 0) is 0 Å².